The lowest BCUT2D eigenvalue weighted by molar-refractivity contribution is -0.161. The number of rotatable bonds is 75. The van der Waals surface area contributed by atoms with E-state index in [1.54, 1.807) is 0 Å². The Kier molecular flexibility index (Phi) is 73.9. The second-order valence-electron chi connectivity index (χ2n) is 26.6. The van der Waals surface area contributed by atoms with Gasteiger partial charge in [0.15, 0.2) is 12.2 Å². The van der Waals surface area contributed by atoms with E-state index in [1.807, 2.05) is 36.5 Å². The van der Waals surface area contributed by atoms with Crippen LogP contribution in [0.5, 0.6) is 0 Å². The zero-order valence-electron chi connectivity index (χ0n) is 66.1. The van der Waals surface area contributed by atoms with Gasteiger partial charge >= 0.3 is 39.5 Å². The Hall–Kier alpha value is -5.32. The molecular weight excluding hydrogens is 1380 g/mol. The lowest BCUT2D eigenvalue weighted by atomic mass is 10.0. The molecule has 0 heterocycles. The first-order chi connectivity index (χ1) is 51.7. The van der Waals surface area contributed by atoms with Gasteiger partial charge in [0.1, 0.15) is 19.3 Å². The molecule has 106 heavy (non-hydrogen) atoms. The van der Waals surface area contributed by atoms with Gasteiger partial charge in [-0.25, -0.2) is 9.13 Å². The summed E-state index contributed by atoms with van der Waals surface area (Å²) in [5.74, 6) is -2.38. The Labute approximate surface area is 642 Å². The van der Waals surface area contributed by atoms with Crippen LogP contribution in [0.25, 0.3) is 0 Å². The summed E-state index contributed by atoms with van der Waals surface area (Å²) >= 11 is 0. The maximum atomic E-state index is 13.1. The molecule has 0 aromatic rings. The Morgan fingerprint density at radius 3 is 0.830 bits per heavy atom. The number of unbranched alkanes of at least 4 members (excludes halogenated alkanes) is 23. The molecule has 0 rings (SSSR count). The summed E-state index contributed by atoms with van der Waals surface area (Å²) in [4.78, 5) is 73.0. The quantitative estimate of drug-likeness (QED) is 0.0169. The number of allylic oxidation sites excluding steroid dienone is 26. The summed E-state index contributed by atoms with van der Waals surface area (Å²) in [7, 11) is -10.0. The van der Waals surface area contributed by atoms with Crippen molar-refractivity contribution in [3.63, 3.8) is 0 Å². The molecule has 0 aliphatic carbocycles. The van der Waals surface area contributed by atoms with Crippen LogP contribution >= 0.6 is 15.6 Å². The third-order valence-electron chi connectivity index (χ3n) is 16.5. The summed E-state index contributed by atoms with van der Waals surface area (Å²) < 4.78 is 68.5. The maximum absolute atomic E-state index is 13.1. The number of hydrogen-bond donors (Lipinski definition) is 3. The van der Waals surface area contributed by atoms with Crippen molar-refractivity contribution in [1.82, 2.24) is 0 Å². The van der Waals surface area contributed by atoms with Gasteiger partial charge in [-0.05, 0) is 128 Å². The van der Waals surface area contributed by atoms with Gasteiger partial charge in [-0.1, -0.05) is 314 Å². The van der Waals surface area contributed by atoms with Gasteiger partial charge in [0, 0.05) is 25.7 Å². The van der Waals surface area contributed by atoms with Gasteiger partial charge in [-0.15, -0.1) is 0 Å². The number of esters is 4. The molecule has 0 radical (unpaired) electrons. The van der Waals surface area contributed by atoms with Gasteiger partial charge < -0.3 is 33.8 Å². The fraction of sp³-hybridized carbons (Fsp3) is 0.655. The van der Waals surface area contributed by atoms with Crippen molar-refractivity contribution < 1.29 is 80.2 Å². The summed E-state index contributed by atoms with van der Waals surface area (Å²) in [6, 6.07) is 0. The SMILES string of the molecule is CC/C=C\C/C=C\C/C=C\C/C=C\C/C=C\C/C=C\CCC(=O)OC[C@H](COP(=O)(O)OC[C@@H](O)COP(=O)(O)OC[C@@H](COC(=O)CCCCCCCCCCCCCCC)OC(=O)CC/C=C\C/C=C\C/C=C\C/C=C\C/C=C\C/C=C\CC)OC(=O)CCCCCCC/C=C\CCCCCCCC. The number of phosphoric acid groups is 2. The van der Waals surface area contributed by atoms with Crippen molar-refractivity contribution in [2.75, 3.05) is 39.6 Å². The molecule has 3 N–H and O–H groups in total. The van der Waals surface area contributed by atoms with Gasteiger partial charge in [-0.3, -0.25) is 37.3 Å². The zero-order valence-corrected chi connectivity index (χ0v) is 67.8. The van der Waals surface area contributed by atoms with Crippen molar-refractivity contribution in [2.45, 2.75) is 329 Å². The standard InChI is InChI=1S/C87H144O17P2/c1-5-9-13-17-21-25-29-33-36-38-40-42-45-48-52-56-60-64-68-72-85(90)98-78-83(103-86(91)73-69-65-61-57-53-49-44-35-31-27-23-19-15-11-7-3)80-102-106(95,96)100-76-81(88)75-99-105(93,94)101-79-82(77-97-84(89)71-67-63-59-55-51-47-32-28-24-20-16-12-8-4)104-87(92)74-70-66-62-58-54-50-46-43-41-39-37-34-30-26-22-18-14-10-6-2/h9-10,13-14,21-22,25-26,33-37,40-44,48,50,52,54,60,62,64,66,81-83,88H,5-8,11-12,15-20,23-24,27-32,38-39,45-47,49,51,53,55-59,61,63,65,67-80H2,1-4H3,(H,93,94)(H,95,96)/b13-9-,14-10-,25-21-,26-22-,36-33-,37-34-,42-40-,43-41-,44-35-,52-48-,54-50-,64-60-,66-62-/t81-,82+,83+/m0/s1. The molecule has 0 saturated heterocycles. The van der Waals surface area contributed by atoms with Crippen LogP contribution in [0.2, 0.25) is 0 Å². The van der Waals surface area contributed by atoms with Gasteiger partial charge in [-0.2, -0.15) is 0 Å². The average Bonchev–Trinajstić information content (AvgIpc) is 0.902. The number of ether oxygens (including phenoxy) is 4. The second kappa shape index (κ2) is 77.8. The monoisotopic (exact) mass is 1520 g/mol. The lowest BCUT2D eigenvalue weighted by Gasteiger charge is -2.21. The lowest BCUT2D eigenvalue weighted by Crippen LogP contribution is -2.30. The number of carbonyl (C=O) groups is 4. The Bertz CT molecular complexity index is 2630. The number of aliphatic hydroxyl groups is 1. The molecule has 17 nitrogen and oxygen atoms in total. The first kappa shape index (κ1) is 101. The molecule has 0 aliphatic rings. The van der Waals surface area contributed by atoms with E-state index in [4.69, 9.17) is 37.0 Å². The number of phosphoric ester groups is 2. The molecule has 0 amide bonds. The van der Waals surface area contributed by atoms with E-state index in [0.717, 1.165) is 128 Å². The highest BCUT2D eigenvalue weighted by atomic mass is 31.2. The minimum atomic E-state index is -5.01. The van der Waals surface area contributed by atoms with E-state index in [1.165, 1.54) is 89.9 Å². The van der Waals surface area contributed by atoms with Gasteiger partial charge in [0.05, 0.1) is 26.4 Å². The predicted molar refractivity (Wildman–Crippen MR) is 436 cm³/mol. The van der Waals surface area contributed by atoms with E-state index in [2.05, 4.69) is 149 Å². The molecule has 19 heteroatoms. The third kappa shape index (κ3) is 76.9. The van der Waals surface area contributed by atoms with E-state index in [-0.39, 0.29) is 25.7 Å². The Morgan fingerprint density at radius 1 is 0.274 bits per heavy atom. The fourth-order valence-corrected chi connectivity index (χ4v) is 12.0. The molecule has 0 aromatic heterocycles. The van der Waals surface area contributed by atoms with Crippen LogP contribution in [0, 0.1) is 0 Å². The molecule has 2 unspecified atom stereocenters. The molecule has 5 atom stereocenters. The van der Waals surface area contributed by atoms with Crippen molar-refractivity contribution in [2.24, 2.45) is 0 Å². The van der Waals surface area contributed by atoms with Gasteiger partial charge in [0.2, 0.25) is 0 Å². The van der Waals surface area contributed by atoms with E-state index in [0.29, 0.717) is 38.5 Å². The van der Waals surface area contributed by atoms with Crippen molar-refractivity contribution >= 4 is 39.5 Å². The van der Waals surface area contributed by atoms with Gasteiger partial charge in [0.25, 0.3) is 0 Å². The summed E-state index contributed by atoms with van der Waals surface area (Å²) in [6.45, 7) is 4.47. The average molecular weight is 1520 g/mol. The van der Waals surface area contributed by atoms with Crippen LogP contribution in [-0.4, -0.2) is 96.7 Å². The Morgan fingerprint density at radius 2 is 0.509 bits per heavy atom. The molecule has 0 bridgehead atoms. The fourth-order valence-electron chi connectivity index (χ4n) is 10.4. The van der Waals surface area contributed by atoms with Crippen LogP contribution in [-0.2, 0) is 65.4 Å². The summed E-state index contributed by atoms with van der Waals surface area (Å²) in [5, 5.41) is 10.6. The maximum Gasteiger partial charge on any atom is 0.472 e. The van der Waals surface area contributed by atoms with Crippen molar-refractivity contribution in [1.29, 1.82) is 0 Å². The number of carbonyl (C=O) groups excluding carboxylic acids is 4. The third-order valence-corrected chi connectivity index (χ3v) is 18.4. The molecule has 0 saturated carbocycles. The highest BCUT2D eigenvalue weighted by molar-refractivity contribution is 7.47. The van der Waals surface area contributed by atoms with Crippen LogP contribution in [0.4, 0.5) is 0 Å². The van der Waals surface area contributed by atoms with Crippen LogP contribution in [0.1, 0.15) is 310 Å². The van der Waals surface area contributed by atoms with Crippen LogP contribution in [0.3, 0.4) is 0 Å². The molecule has 604 valence electrons. The molecule has 0 aromatic carbocycles. The molecule has 0 aliphatic heterocycles. The number of aliphatic hydroxyl groups excluding tert-OH is 1. The topological polar surface area (TPSA) is 237 Å². The van der Waals surface area contributed by atoms with Crippen molar-refractivity contribution in [3.05, 3.63) is 158 Å². The minimum absolute atomic E-state index is 0.0291. The molecule has 0 spiro atoms. The second-order valence-corrected chi connectivity index (χ2v) is 29.5. The highest BCUT2D eigenvalue weighted by Gasteiger charge is 2.30. The molecular formula is C87H144O17P2. The largest absolute Gasteiger partial charge is 0.472 e. The first-order valence-corrected chi connectivity index (χ1v) is 43.7. The highest BCUT2D eigenvalue weighted by Crippen LogP contribution is 2.45. The smallest absolute Gasteiger partial charge is 0.462 e. The van der Waals surface area contributed by atoms with E-state index >= 15 is 0 Å². The minimum Gasteiger partial charge on any atom is -0.462 e. The number of hydrogen-bond acceptors (Lipinski definition) is 15. The summed E-state index contributed by atoms with van der Waals surface area (Å²) in [6.07, 6.45) is 91.1. The normalized spacial score (nSPS) is 14.7. The predicted octanol–water partition coefficient (Wildman–Crippen LogP) is 24.0. The van der Waals surface area contributed by atoms with Crippen LogP contribution in [0.15, 0.2) is 158 Å². The summed E-state index contributed by atoms with van der Waals surface area (Å²) in [5.41, 5.74) is 0. The Balaban J connectivity index is 5.50. The zero-order chi connectivity index (χ0) is 77.4. The van der Waals surface area contributed by atoms with Crippen molar-refractivity contribution in [3.8, 4) is 0 Å². The van der Waals surface area contributed by atoms with Crippen LogP contribution < -0.4 is 0 Å². The molecule has 0 fully saturated rings. The van der Waals surface area contributed by atoms with E-state index < -0.39 is 97.5 Å². The van der Waals surface area contributed by atoms with E-state index in [9.17, 15) is 43.2 Å². The first-order valence-electron chi connectivity index (χ1n) is 40.7.